The van der Waals surface area contributed by atoms with Crippen molar-refractivity contribution in [3.8, 4) is 23.0 Å². The number of hydrogen-bond donors (Lipinski definition) is 1. The molecule has 0 aliphatic carbocycles. The van der Waals surface area contributed by atoms with Crippen LogP contribution in [0.1, 0.15) is 55.9 Å². The molecule has 2 unspecified atom stereocenters. The molecule has 3 aromatic carbocycles. The zero-order valence-corrected chi connectivity index (χ0v) is 29.8. The highest BCUT2D eigenvalue weighted by Crippen LogP contribution is 2.39. The van der Waals surface area contributed by atoms with Crippen LogP contribution in [0, 0.1) is 5.82 Å². The van der Waals surface area contributed by atoms with Gasteiger partial charge in [-0.05, 0) is 49.2 Å². The molecule has 0 bridgehead atoms. The molecule has 1 aliphatic heterocycles. The summed E-state index contributed by atoms with van der Waals surface area (Å²) in [5.41, 5.74) is -0.0759. The first-order chi connectivity index (χ1) is 24.9. The van der Waals surface area contributed by atoms with Gasteiger partial charge in [0.25, 0.3) is 5.91 Å². The van der Waals surface area contributed by atoms with Crippen molar-refractivity contribution in [1.29, 1.82) is 0 Å². The topological polar surface area (TPSA) is 171 Å². The minimum Gasteiger partial charge on any atom is -0.495 e. The number of nitrogens with zero attached hydrogens (tertiary/aromatic N) is 2. The van der Waals surface area contributed by atoms with Gasteiger partial charge in [0.1, 0.15) is 24.4 Å². The summed E-state index contributed by atoms with van der Waals surface area (Å²) in [6, 6.07) is 10.2. The van der Waals surface area contributed by atoms with E-state index in [-0.39, 0.29) is 77.6 Å². The molecule has 2 amide bonds. The minimum atomic E-state index is -1.68. The first-order valence-corrected chi connectivity index (χ1v) is 16.2. The lowest BCUT2D eigenvalue weighted by Gasteiger charge is -2.34. The number of anilines is 1. The van der Waals surface area contributed by atoms with E-state index in [9.17, 15) is 24.3 Å². The monoisotopic (exact) mass is 727 g/mol. The number of rotatable bonds is 14. The van der Waals surface area contributed by atoms with Gasteiger partial charge in [0, 0.05) is 45.9 Å². The van der Waals surface area contributed by atoms with Crippen molar-refractivity contribution in [3.63, 3.8) is 0 Å². The average Bonchev–Trinajstić information content (AvgIpc) is 3.34. The second-order valence-electron chi connectivity index (χ2n) is 12.0. The molecule has 0 saturated carbocycles. The SMILES string of the molecule is COCOc1ccc(N(C)C)c(F)c1C(=O)c1ccc(C(=O)O[N+]2(C(=O)[O-])CCCCC(NC(=O)c3cc(OC)c(OCOC)c(OC)c3)C2)cc1. The highest BCUT2D eigenvalue weighted by Gasteiger charge is 2.42. The fourth-order valence-corrected chi connectivity index (χ4v) is 5.70. The van der Waals surface area contributed by atoms with Gasteiger partial charge in [0.15, 0.2) is 36.7 Å². The molecule has 1 saturated heterocycles. The molecule has 0 radical (unpaired) electrons. The van der Waals surface area contributed by atoms with Crippen LogP contribution >= 0.6 is 0 Å². The molecule has 1 N–H and O–H groups in total. The largest absolute Gasteiger partial charge is 0.495 e. The number of quaternary nitrogens is 1. The van der Waals surface area contributed by atoms with E-state index in [1.54, 1.807) is 14.1 Å². The molecule has 16 heteroatoms. The number of ketones is 1. The van der Waals surface area contributed by atoms with Gasteiger partial charge >= 0.3 is 12.1 Å². The van der Waals surface area contributed by atoms with Crippen molar-refractivity contribution >= 4 is 29.4 Å². The molecule has 3 aromatic rings. The Bertz CT molecular complexity index is 1740. The molecule has 1 heterocycles. The highest BCUT2D eigenvalue weighted by atomic mass is 19.1. The summed E-state index contributed by atoms with van der Waals surface area (Å²) in [5, 5.41) is 15.4. The van der Waals surface area contributed by atoms with E-state index in [1.165, 1.54) is 81.9 Å². The molecule has 52 heavy (non-hydrogen) atoms. The number of carbonyl (C=O) groups excluding carboxylic acids is 4. The molecular formula is C36H42FN3O12. The Labute approximate surface area is 300 Å². The van der Waals surface area contributed by atoms with E-state index in [4.69, 9.17) is 33.3 Å². The molecule has 1 fully saturated rings. The molecule has 280 valence electrons. The number of hydroxylamine groups is 3. The normalized spacial score (nSPS) is 16.9. The zero-order valence-electron chi connectivity index (χ0n) is 29.8. The van der Waals surface area contributed by atoms with Crippen LogP contribution in [0.4, 0.5) is 14.9 Å². The molecule has 15 nitrogen and oxygen atoms in total. The molecular weight excluding hydrogens is 685 g/mol. The first-order valence-electron chi connectivity index (χ1n) is 16.2. The van der Waals surface area contributed by atoms with Crippen molar-refractivity contribution in [3.05, 3.63) is 76.6 Å². The van der Waals surface area contributed by atoms with Gasteiger partial charge in [-0.3, -0.25) is 14.4 Å². The van der Waals surface area contributed by atoms with E-state index in [0.29, 0.717) is 19.3 Å². The maximum absolute atomic E-state index is 15.5. The lowest BCUT2D eigenvalue weighted by atomic mass is 9.99. The Hall–Kier alpha value is -5.45. The number of halogens is 1. The molecule has 1 aliphatic rings. The van der Waals surface area contributed by atoms with Gasteiger partial charge in [-0.2, -0.15) is 0 Å². The standard InChI is InChI=1S/C36H42FN3O12/c1-39(2)26-14-15-27(50-20-46-3)30(31(26)37)32(41)22-10-12-23(13-11-22)35(43)52-40(36(44)45)16-8-7-9-25(19-40)38-34(42)24-17-28(48-5)33(51-21-47-4)29(18-24)49-6/h10-15,17-18,25H,7-9,16,19-21H2,1-6H3,(H-,38,42,44,45). The van der Waals surface area contributed by atoms with Crippen molar-refractivity contribution in [2.75, 3.05) is 74.1 Å². The lowest BCUT2D eigenvalue weighted by molar-refractivity contribution is -1.04. The maximum atomic E-state index is 15.5. The maximum Gasteiger partial charge on any atom is 0.398 e. The Morgan fingerprint density at radius 3 is 2.04 bits per heavy atom. The number of ether oxygens (including phenoxy) is 6. The number of likely N-dealkylation sites (tertiary alicyclic amines) is 1. The average molecular weight is 728 g/mol. The fourth-order valence-electron chi connectivity index (χ4n) is 5.70. The van der Waals surface area contributed by atoms with E-state index in [0.717, 1.165) is 0 Å². The summed E-state index contributed by atoms with van der Waals surface area (Å²) < 4.78 is 45.9. The van der Waals surface area contributed by atoms with Crippen LogP contribution in [0.25, 0.3) is 0 Å². The van der Waals surface area contributed by atoms with E-state index >= 15 is 4.39 Å². The minimum absolute atomic E-state index is 0.0292. The Morgan fingerprint density at radius 2 is 1.46 bits per heavy atom. The summed E-state index contributed by atoms with van der Waals surface area (Å²) >= 11 is 0. The zero-order chi connectivity index (χ0) is 38.0. The summed E-state index contributed by atoms with van der Waals surface area (Å²) in [5.74, 6) is -2.50. The molecule has 0 aromatic heterocycles. The Balaban J connectivity index is 1.54. The summed E-state index contributed by atoms with van der Waals surface area (Å²) in [6.07, 6.45) is -0.424. The highest BCUT2D eigenvalue weighted by molar-refractivity contribution is 6.11. The predicted octanol–water partition coefficient (Wildman–Crippen LogP) is 3.32. The number of hydrogen-bond acceptors (Lipinski definition) is 13. The van der Waals surface area contributed by atoms with E-state index in [2.05, 4.69) is 5.32 Å². The second-order valence-corrected chi connectivity index (χ2v) is 12.0. The van der Waals surface area contributed by atoms with Gasteiger partial charge < -0.3 is 48.5 Å². The predicted molar refractivity (Wildman–Crippen MR) is 181 cm³/mol. The van der Waals surface area contributed by atoms with Crippen LogP contribution < -0.4 is 34.3 Å². The molecule has 2 atom stereocenters. The third kappa shape index (κ3) is 8.88. The summed E-state index contributed by atoms with van der Waals surface area (Å²) in [6.45, 7) is -0.765. The van der Waals surface area contributed by atoms with Crippen molar-refractivity contribution < 1.29 is 66.6 Å². The third-order valence-corrected chi connectivity index (χ3v) is 8.31. The Kier molecular flexibility index (Phi) is 13.4. The van der Waals surface area contributed by atoms with Gasteiger partial charge in [0.2, 0.25) is 5.75 Å². The smallest absolute Gasteiger partial charge is 0.398 e. The fraction of sp³-hybridized carbons (Fsp3) is 0.389. The van der Waals surface area contributed by atoms with Crippen LogP contribution in [0.2, 0.25) is 0 Å². The quantitative estimate of drug-likeness (QED) is 0.146. The summed E-state index contributed by atoms with van der Waals surface area (Å²) in [7, 11) is 8.87. The Morgan fingerprint density at radius 1 is 0.846 bits per heavy atom. The van der Waals surface area contributed by atoms with Gasteiger partial charge in [-0.1, -0.05) is 16.8 Å². The number of benzene rings is 3. The van der Waals surface area contributed by atoms with Crippen molar-refractivity contribution in [2.45, 2.75) is 25.3 Å². The number of amides is 2. The number of carboxylic acid groups (broad SMARTS) is 1. The van der Waals surface area contributed by atoms with Crippen LogP contribution in [0.5, 0.6) is 23.0 Å². The summed E-state index contributed by atoms with van der Waals surface area (Å²) in [4.78, 5) is 60.0. The van der Waals surface area contributed by atoms with Crippen LogP contribution in [0.3, 0.4) is 0 Å². The van der Waals surface area contributed by atoms with Crippen molar-refractivity contribution in [1.82, 2.24) is 5.32 Å². The second kappa shape index (κ2) is 17.7. The molecule has 0 spiro atoms. The first kappa shape index (κ1) is 39.3. The van der Waals surface area contributed by atoms with Crippen LogP contribution in [-0.4, -0.2) is 104 Å². The van der Waals surface area contributed by atoms with Gasteiger partial charge in [-0.25, -0.2) is 9.18 Å². The van der Waals surface area contributed by atoms with Gasteiger partial charge in [-0.15, -0.1) is 0 Å². The van der Waals surface area contributed by atoms with E-state index < -0.39 is 40.3 Å². The lowest BCUT2D eigenvalue weighted by Crippen LogP contribution is -2.63. The number of carbonyl (C=O) groups is 4. The van der Waals surface area contributed by atoms with Crippen LogP contribution in [0.15, 0.2) is 48.5 Å². The number of nitrogens with one attached hydrogen (secondary N) is 1. The van der Waals surface area contributed by atoms with Crippen LogP contribution in [-0.2, 0) is 14.3 Å². The van der Waals surface area contributed by atoms with Gasteiger partial charge in [0.05, 0.1) is 31.5 Å². The third-order valence-electron chi connectivity index (χ3n) is 8.31. The van der Waals surface area contributed by atoms with Crippen molar-refractivity contribution in [2.24, 2.45) is 0 Å². The molecule has 4 rings (SSSR count). The number of methoxy groups -OCH3 is 4. The van der Waals surface area contributed by atoms with E-state index in [1.807, 2.05) is 0 Å².